The van der Waals surface area contributed by atoms with Gasteiger partial charge in [0.2, 0.25) is 14.9 Å². The molecule has 0 saturated heterocycles. The molecule has 28 heavy (non-hydrogen) atoms. The Morgan fingerprint density at radius 2 is 1.96 bits per heavy atom. The average Bonchev–Trinajstić information content (AvgIpc) is 3.28. The van der Waals surface area contributed by atoms with E-state index in [9.17, 15) is 8.42 Å². The maximum Gasteiger partial charge on any atom is 0.229 e. The van der Waals surface area contributed by atoms with Gasteiger partial charge in [-0.15, -0.1) is 16.4 Å². The quantitative estimate of drug-likeness (QED) is 0.486. The lowest BCUT2D eigenvalue weighted by molar-refractivity contribution is 0.592. The molecule has 146 valence electrons. The van der Waals surface area contributed by atoms with Crippen molar-refractivity contribution >= 4 is 54.5 Å². The van der Waals surface area contributed by atoms with Crippen molar-refractivity contribution < 1.29 is 8.42 Å². The molecule has 0 aliphatic rings. The number of sulfone groups is 1. The van der Waals surface area contributed by atoms with Crippen LogP contribution in [0.25, 0.3) is 15.9 Å². The summed E-state index contributed by atoms with van der Waals surface area (Å²) in [6.45, 7) is 5.04. The number of aromatic nitrogens is 4. The summed E-state index contributed by atoms with van der Waals surface area (Å²) in [6.07, 6.45) is 0.979. The van der Waals surface area contributed by atoms with E-state index in [1.54, 1.807) is 0 Å². The molecule has 0 spiro atoms. The van der Waals surface area contributed by atoms with Crippen LogP contribution in [0, 0.1) is 5.92 Å². The monoisotopic (exact) mass is 435 g/mol. The summed E-state index contributed by atoms with van der Waals surface area (Å²) in [7, 11) is -3.88. The molecule has 3 aromatic heterocycles. The molecule has 0 aliphatic carbocycles. The molecule has 0 atom stereocenters. The SMILES string of the molecule is CC(C)CCNc1nc2c(S(=O)(=O)c3ccc(Cl)cc3)nnn2c2ccsc12. The number of thiophene rings is 1. The van der Waals surface area contributed by atoms with E-state index in [1.165, 1.54) is 40.1 Å². The zero-order valence-electron chi connectivity index (χ0n) is 15.3. The number of fused-ring (bicyclic) bond motifs is 3. The highest BCUT2D eigenvalue weighted by molar-refractivity contribution is 7.91. The van der Waals surface area contributed by atoms with Gasteiger partial charge in [-0.1, -0.05) is 30.7 Å². The van der Waals surface area contributed by atoms with Crippen LogP contribution in [0.15, 0.2) is 45.6 Å². The molecule has 7 nitrogen and oxygen atoms in total. The number of halogens is 1. The summed E-state index contributed by atoms with van der Waals surface area (Å²) in [6, 6.07) is 7.85. The number of nitrogens with zero attached hydrogens (tertiary/aromatic N) is 4. The van der Waals surface area contributed by atoms with Crippen molar-refractivity contribution in [2.45, 2.75) is 30.2 Å². The van der Waals surface area contributed by atoms with E-state index in [2.05, 4.69) is 34.5 Å². The number of rotatable bonds is 6. The first-order chi connectivity index (χ1) is 13.4. The number of hydrogen-bond donors (Lipinski definition) is 1. The number of hydrogen-bond acceptors (Lipinski definition) is 7. The molecule has 0 bridgehead atoms. The second-order valence-corrected chi connectivity index (χ2v) is 10.0. The van der Waals surface area contributed by atoms with E-state index < -0.39 is 9.84 Å². The largest absolute Gasteiger partial charge is 0.369 e. The Morgan fingerprint density at radius 3 is 2.68 bits per heavy atom. The zero-order valence-corrected chi connectivity index (χ0v) is 17.6. The Balaban J connectivity index is 1.85. The van der Waals surface area contributed by atoms with Crippen molar-refractivity contribution in [2.75, 3.05) is 11.9 Å². The van der Waals surface area contributed by atoms with Gasteiger partial charge in [0.1, 0.15) is 5.82 Å². The van der Waals surface area contributed by atoms with E-state index in [-0.39, 0.29) is 15.6 Å². The van der Waals surface area contributed by atoms with Crippen molar-refractivity contribution in [3.63, 3.8) is 0 Å². The molecule has 4 aromatic rings. The first kappa shape index (κ1) is 19.1. The fraction of sp³-hybridized carbons (Fsp3) is 0.278. The molecule has 0 fully saturated rings. The minimum absolute atomic E-state index is 0.0980. The number of anilines is 1. The van der Waals surface area contributed by atoms with Gasteiger partial charge >= 0.3 is 0 Å². The maximum absolute atomic E-state index is 13.1. The molecule has 1 aromatic carbocycles. The Kier molecular flexibility index (Phi) is 4.98. The molecule has 0 amide bonds. The van der Waals surface area contributed by atoms with Gasteiger partial charge in [-0.3, -0.25) is 0 Å². The van der Waals surface area contributed by atoms with E-state index >= 15 is 0 Å². The predicted octanol–water partition coefficient (Wildman–Crippen LogP) is 4.28. The van der Waals surface area contributed by atoms with Crippen LogP contribution in [0.2, 0.25) is 5.02 Å². The Morgan fingerprint density at radius 1 is 1.21 bits per heavy atom. The van der Waals surface area contributed by atoms with Gasteiger partial charge in [-0.05, 0) is 48.1 Å². The molecule has 3 heterocycles. The van der Waals surface area contributed by atoms with Crippen molar-refractivity contribution in [1.82, 2.24) is 19.8 Å². The Bertz CT molecular complexity index is 1250. The first-order valence-electron chi connectivity index (χ1n) is 8.75. The molecule has 1 N–H and O–H groups in total. The van der Waals surface area contributed by atoms with Gasteiger partial charge in [-0.25, -0.2) is 13.4 Å². The van der Waals surface area contributed by atoms with Crippen LogP contribution < -0.4 is 5.32 Å². The van der Waals surface area contributed by atoms with Crippen LogP contribution >= 0.6 is 22.9 Å². The highest BCUT2D eigenvalue weighted by Crippen LogP contribution is 2.31. The van der Waals surface area contributed by atoms with E-state index in [1.807, 2.05) is 11.4 Å². The van der Waals surface area contributed by atoms with E-state index in [0.29, 0.717) is 16.8 Å². The molecule has 10 heteroatoms. The molecular weight excluding hydrogens is 418 g/mol. The lowest BCUT2D eigenvalue weighted by Crippen LogP contribution is -2.08. The standard InChI is InChI=1S/C18H18ClN5O2S2/c1-11(2)7-9-20-16-15-14(8-10-27-15)24-17(21-16)18(22-23-24)28(25,26)13-5-3-12(19)4-6-13/h3-6,8,10-11H,7,9H2,1-2H3,(H,20,21). The average molecular weight is 436 g/mol. The topological polar surface area (TPSA) is 89.2 Å². The number of benzene rings is 1. The first-order valence-corrected chi connectivity index (χ1v) is 11.5. The summed E-state index contributed by atoms with van der Waals surface area (Å²) in [5.41, 5.74) is 0.972. The predicted molar refractivity (Wildman–Crippen MR) is 111 cm³/mol. The number of nitrogens with one attached hydrogen (secondary N) is 1. The maximum atomic E-state index is 13.1. The minimum Gasteiger partial charge on any atom is -0.369 e. The van der Waals surface area contributed by atoms with Crippen LogP contribution in [-0.4, -0.2) is 34.8 Å². The zero-order chi connectivity index (χ0) is 19.9. The molecular formula is C18H18ClN5O2S2. The summed E-state index contributed by atoms with van der Waals surface area (Å²) in [5.74, 6) is 1.19. The minimum atomic E-state index is -3.88. The van der Waals surface area contributed by atoms with Crippen LogP contribution in [0.4, 0.5) is 5.82 Å². The van der Waals surface area contributed by atoms with Crippen molar-refractivity contribution in [2.24, 2.45) is 5.92 Å². The van der Waals surface area contributed by atoms with Gasteiger partial charge in [0.15, 0.2) is 5.65 Å². The highest BCUT2D eigenvalue weighted by atomic mass is 35.5. The fourth-order valence-electron chi connectivity index (χ4n) is 2.82. The molecule has 0 unspecified atom stereocenters. The summed E-state index contributed by atoms with van der Waals surface area (Å²) in [5, 5.41) is 13.6. The second kappa shape index (κ2) is 7.31. The fourth-order valence-corrected chi connectivity index (χ4v) is 5.02. The molecule has 0 saturated carbocycles. The second-order valence-electron chi connectivity index (χ2n) is 6.79. The lowest BCUT2D eigenvalue weighted by Gasteiger charge is -2.09. The van der Waals surface area contributed by atoms with Crippen LogP contribution in [-0.2, 0) is 9.84 Å². The molecule has 0 aliphatic heterocycles. The van der Waals surface area contributed by atoms with Gasteiger partial charge in [0, 0.05) is 11.6 Å². The Hall–Kier alpha value is -2.23. The van der Waals surface area contributed by atoms with Gasteiger partial charge < -0.3 is 5.32 Å². The van der Waals surface area contributed by atoms with Crippen LogP contribution in [0.1, 0.15) is 20.3 Å². The van der Waals surface area contributed by atoms with Gasteiger partial charge in [0.05, 0.1) is 15.1 Å². The van der Waals surface area contributed by atoms with Crippen LogP contribution in [0.5, 0.6) is 0 Å². The third-order valence-electron chi connectivity index (χ3n) is 4.31. The Labute approximate surface area is 171 Å². The van der Waals surface area contributed by atoms with Crippen molar-refractivity contribution in [1.29, 1.82) is 0 Å². The summed E-state index contributed by atoms with van der Waals surface area (Å²) in [4.78, 5) is 4.67. The van der Waals surface area contributed by atoms with Crippen LogP contribution in [0.3, 0.4) is 0 Å². The van der Waals surface area contributed by atoms with E-state index in [4.69, 9.17) is 11.6 Å². The third kappa shape index (κ3) is 3.34. The molecule has 4 rings (SSSR count). The van der Waals surface area contributed by atoms with Crippen molar-refractivity contribution in [3.05, 3.63) is 40.7 Å². The third-order valence-corrected chi connectivity index (χ3v) is 7.14. The van der Waals surface area contributed by atoms with Crippen molar-refractivity contribution in [3.8, 4) is 0 Å². The molecule has 0 radical (unpaired) electrons. The smallest absolute Gasteiger partial charge is 0.229 e. The van der Waals surface area contributed by atoms with Gasteiger partial charge in [-0.2, -0.15) is 4.52 Å². The normalized spacial score (nSPS) is 12.3. The lowest BCUT2D eigenvalue weighted by atomic mass is 10.1. The highest BCUT2D eigenvalue weighted by Gasteiger charge is 2.27. The van der Waals surface area contributed by atoms with Gasteiger partial charge in [0.25, 0.3) is 0 Å². The van der Waals surface area contributed by atoms with E-state index in [0.717, 1.165) is 23.2 Å². The summed E-state index contributed by atoms with van der Waals surface area (Å²) < 4.78 is 28.6. The summed E-state index contributed by atoms with van der Waals surface area (Å²) >= 11 is 7.40.